The van der Waals surface area contributed by atoms with Gasteiger partial charge in [0.25, 0.3) is 0 Å². The quantitative estimate of drug-likeness (QED) is 0.718. The number of aliphatic hydroxyl groups excluding tert-OH is 1. The molecule has 0 aliphatic heterocycles. The van der Waals surface area contributed by atoms with Gasteiger partial charge in [-0.1, -0.05) is 35.5 Å². The first-order valence-corrected chi connectivity index (χ1v) is 8.83. The van der Waals surface area contributed by atoms with E-state index in [4.69, 9.17) is 17.3 Å². The van der Waals surface area contributed by atoms with Gasteiger partial charge < -0.3 is 10.8 Å². The molecule has 2 aromatic carbocycles. The second-order valence-electron chi connectivity index (χ2n) is 6.19. The molecule has 2 aromatic rings. The van der Waals surface area contributed by atoms with Crippen molar-refractivity contribution >= 4 is 23.4 Å². The summed E-state index contributed by atoms with van der Waals surface area (Å²) in [6, 6.07) is 10.6. The minimum absolute atomic E-state index is 0.117. The van der Waals surface area contributed by atoms with E-state index in [9.17, 15) is 18.3 Å². The maximum Gasteiger partial charge on any atom is 0.416 e. The zero-order valence-corrected chi connectivity index (χ0v) is 15.2. The van der Waals surface area contributed by atoms with Crippen molar-refractivity contribution in [2.45, 2.75) is 41.3 Å². The molecule has 2 nitrogen and oxygen atoms in total. The van der Waals surface area contributed by atoms with Crippen molar-refractivity contribution in [1.29, 1.82) is 0 Å². The molecular weight excluding hydrogens is 371 g/mol. The lowest BCUT2D eigenvalue weighted by atomic mass is 9.95. The average molecular weight is 390 g/mol. The Balaban J connectivity index is 2.11. The average Bonchev–Trinajstić information content (AvgIpc) is 2.53. The number of rotatable bonds is 6. The first kappa shape index (κ1) is 20.1. The maximum absolute atomic E-state index is 12.8. The minimum Gasteiger partial charge on any atom is -0.394 e. The van der Waals surface area contributed by atoms with Gasteiger partial charge in [-0.3, -0.25) is 0 Å². The molecular formula is C18H19ClF3NOS. The van der Waals surface area contributed by atoms with Crippen molar-refractivity contribution in [3.63, 3.8) is 0 Å². The second-order valence-corrected chi connectivity index (χ2v) is 7.75. The van der Waals surface area contributed by atoms with Gasteiger partial charge in [0.2, 0.25) is 0 Å². The molecule has 7 heteroatoms. The monoisotopic (exact) mass is 389 g/mol. The van der Waals surface area contributed by atoms with E-state index < -0.39 is 17.3 Å². The molecule has 0 aliphatic rings. The summed E-state index contributed by atoms with van der Waals surface area (Å²) in [6.45, 7) is 1.65. The predicted molar refractivity (Wildman–Crippen MR) is 95.0 cm³/mol. The molecule has 0 radical (unpaired) electrons. The zero-order chi connectivity index (χ0) is 18.7. The van der Waals surface area contributed by atoms with Gasteiger partial charge >= 0.3 is 6.18 Å². The van der Waals surface area contributed by atoms with Crippen LogP contribution in [-0.4, -0.2) is 17.3 Å². The summed E-state index contributed by atoms with van der Waals surface area (Å²) in [5.41, 5.74) is 5.45. The molecule has 0 fully saturated rings. The van der Waals surface area contributed by atoms with Gasteiger partial charge in [0, 0.05) is 20.4 Å². The van der Waals surface area contributed by atoms with Gasteiger partial charge in [-0.2, -0.15) is 13.2 Å². The molecule has 0 heterocycles. The molecule has 0 amide bonds. The SMILES string of the molecule is CC(N)(CO)CCc1ccc(Sc2cccc(C(F)(F)F)c2)cc1Cl. The van der Waals surface area contributed by atoms with Crippen LogP contribution in [0.2, 0.25) is 5.02 Å². The van der Waals surface area contributed by atoms with Crippen molar-refractivity contribution < 1.29 is 18.3 Å². The van der Waals surface area contributed by atoms with Crippen molar-refractivity contribution in [2.24, 2.45) is 5.73 Å². The van der Waals surface area contributed by atoms with E-state index >= 15 is 0 Å². The summed E-state index contributed by atoms with van der Waals surface area (Å²) in [6.07, 6.45) is -3.18. The lowest BCUT2D eigenvalue weighted by molar-refractivity contribution is -0.137. The number of aryl methyl sites for hydroxylation is 1. The molecule has 3 N–H and O–H groups in total. The summed E-state index contributed by atoms with van der Waals surface area (Å²) in [7, 11) is 0. The number of halogens is 4. The molecule has 0 spiro atoms. The molecule has 2 rings (SSSR count). The number of alkyl halides is 3. The van der Waals surface area contributed by atoms with Crippen LogP contribution in [-0.2, 0) is 12.6 Å². The Morgan fingerprint density at radius 3 is 2.40 bits per heavy atom. The zero-order valence-electron chi connectivity index (χ0n) is 13.6. The number of nitrogens with two attached hydrogens (primary N) is 1. The fourth-order valence-electron chi connectivity index (χ4n) is 2.17. The van der Waals surface area contributed by atoms with Gasteiger partial charge in [-0.05, 0) is 55.7 Å². The van der Waals surface area contributed by atoms with E-state index in [0.29, 0.717) is 22.8 Å². The van der Waals surface area contributed by atoms with Crippen LogP contribution in [0.3, 0.4) is 0 Å². The van der Waals surface area contributed by atoms with Crippen molar-refractivity contribution in [3.8, 4) is 0 Å². The summed E-state index contributed by atoms with van der Waals surface area (Å²) < 4.78 is 38.3. The van der Waals surface area contributed by atoms with Crippen molar-refractivity contribution in [2.75, 3.05) is 6.61 Å². The molecule has 1 atom stereocenters. The van der Waals surface area contributed by atoms with Gasteiger partial charge in [0.1, 0.15) is 0 Å². The highest BCUT2D eigenvalue weighted by Gasteiger charge is 2.30. The Morgan fingerprint density at radius 2 is 1.80 bits per heavy atom. The second kappa shape index (κ2) is 7.99. The third kappa shape index (κ3) is 5.92. The van der Waals surface area contributed by atoms with E-state index in [1.807, 2.05) is 12.1 Å². The summed E-state index contributed by atoms with van der Waals surface area (Å²) in [4.78, 5) is 1.25. The fraction of sp³-hybridized carbons (Fsp3) is 0.333. The van der Waals surface area contributed by atoms with Crippen LogP contribution in [0.15, 0.2) is 52.3 Å². The summed E-state index contributed by atoms with van der Waals surface area (Å²) in [5.74, 6) is 0. The first-order chi connectivity index (χ1) is 11.6. The summed E-state index contributed by atoms with van der Waals surface area (Å²) >= 11 is 7.49. The molecule has 0 aromatic heterocycles. The third-order valence-corrected chi connectivity index (χ3v) is 5.08. The highest BCUT2D eigenvalue weighted by molar-refractivity contribution is 7.99. The first-order valence-electron chi connectivity index (χ1n) is 7.64. The topological polar surface area (TPSA) is 46.2 Å². The number of hydrogen-bond acceptors (Lipinski definition) is 3. The predicted octanol–water partition coefficient (Wildman–Crippen LogP) is 5.15. The van der Waals surface area contributed by atoms with Gasteiger partial charge in [-0.15, -0.1) is 0 Å². The van der Waals surface area contributed by atoms with Crippen LogP contribution in [0.5, 0.6) is 0 Å². The number of benzene rings is 2. The van der Waals surface area contributed by atoms with Gasteiger partial charge in [-0.25, -0.2) is 0 Å². The van der Waals surface area contributed by atoms with Crippen LogP contribution in [0.25, 0.3) is 0 Å². The number of aliphatic hydroxyl groups is 1. The summed E-state index contributed by atoms with van der Waals surface area (Å²) in [5, 5.41) is 9.72. The smallest absolute Gasteiger partial charge is 0.394 e. The Labute approximate surface area is 154 Å². The molecule has 25 heavy (non-hydrogen) atoms. The van der Waals surface area contributed by atoms with Crippen LogP contribution >= 0.6 is 23.4 Å². The van der Waals surface area contributed by atoms with E-state index in [1.54, 1.807) is 19.1 Å². The van der Waals surface area contributed by atoms with Gasteiger partial charge in [0.05, 0.1) is 12.2 Å². The fourth-order valence-corrected chi connectivity index (χ4v) is 3.42. The van der Waals surface area contributed by atoms with E-state index in [1.165, 1.54) is 17.8 Å². The van der Waals surface area contributed by atoms with Gasteiger partial charge in [0.15, 0.2) is 0 Å². The maximum atomic E-state index is 12.8. The standard InChI is InChI=1S/C18H19ClF3NOS/c1-17(23,11-24)8-7-12-5-6-15(10-16(12)19)25-14-4-2-3-13(9-14)18(20,21)22/h2-6,9-10,24H,7-8,11,23H2,1H3. The van der Waals surface area contributed by atoms with Crippen LogP contribution in [0.4, 0.5) is 13.2 Å². The van der Waals surface area contributed by atoms with Crippen molar-refractivity contribution in [3.05, 3.63) is 58.6 Å². The lowest BCUT2D eigenvalue weighted by Gasteiger charge is -2.21. The Kier molecular flexibility index (Phi) is 6.43. The van der Waals surface area contributed by atoms with E-state index in [-0.39, 0.29) is 6.61 Å². The van der Waals surface area contributed by atoms with Crippen molar-refractivity contribution in [1.82, 2.24) is 0 Å². The third-order valence-electron chi connectivity index (χ3n) is 3.75. The Hall–Kier alpha value is -1.21. The van der Waals surface area contributed by atoms with Crippen LogP contribution in [0, 0.1) is 0 Å². The molecule has 0 bridgehead atoms. The van der Waals surface area contributed by atoms with E-state index in [0.717, 1.165) is 22.6 Å². The number of hydrogen-bond donors (Lipinski definition) is 2. The Morgan fingerprint density at radius 1 is 1.12 bits per heavy atom. The minimum atomic E-state index is -4.36. The Bertz CT molecular complexity index is 735. The molecule has 0 saturated carbocycles. The normalized spacial score (nSPS) is 14.4. The molecule has 0 aliphatic carbocycles. The van der Waals surface area contributed by atoms with Crippen LogP contribution < -0.4 is 5.73 Å². The highest BCUT2D eigenvalue weighted by atomic mass is 35.5. The molecule has 136 valence electrons. The lowest BCUT2D eigenvalue weighted by Crippen LogP contribution is -2.40. The largest absolute Gasteiger partial charge is 0.416 e. The molecule has 0 saturated heterocycles. The highest BCUT2D eigenvalue weighted by Crippen LogP contribution is 2.35. The van der Waals surface area contributed by atoms with Crippen LogP contribution in [0.1, 0.15) is 24.5 Å². The molecule has 1 unspecified atom stereocenters. The van der Waals surface area contributed by atoms with E-state index in [2.05, 4.69) is 0 Å².